The summed E-state index contributed by atoms with van der Waals surface area (Å²) in [6, 6.07) is 13.5. The van der Waals surface area contributed by atoms with Crippen LogP contribution in [0.1, 0.15) is 5.56 Å². The Bertz CT molecular complexity index is 545. The normalized spacial score (nSPS) is 10.4. The second kappa shape index (κ2) is 6.41. The summed E-state index contributed by atoms with van der Waals surface area (Å²) >= 11 is 8.26. The smallest absolute Gasteiger partial charge is 0.140 e. The highest BCUT2D eigenvalue weighted by atomic mass is 127. The first kappa shape index (κ1) is 13.6. The molecule has 0 fully saturated rings. The summed E-state index contributed by atoms with van der Waals surface area (Å²) in [5.74, 6) is 1.61. The van der Waals surface area contributed by atoms with E-state index in [2.05, 4.69) is 22.6 Å². The molecule has 0 aliphatic carbocycles. The molecule has 0 spiro atoms. The number of hydrogen-bond donors (Lipinski definition) is 1. The van der Waals surface area contributed by atoms with Gasteiger partial charge in [-0.05, 0) is 65.4 Å². The van der Waals surface area contributed by atoms with Crippen molar-refractivity contribution in [1.29, 1.82) is 0 Å². The minimum absolute atomic E-state index is 0.587. The van der Waals surface area contributed by atoms with Crippen LogP contribution in [0.15, 0.2) is 42.5 Å². The van der Waals surface area contributed by atoms with Gasteiger partial charge in [-0.3, -0.25) is 0 Å². The Morgan fingerprint density at radius 2 is 1.89 bits per heavy atom. The van der Waals surface area contributed by atoms with Crippen LogP contribution in [0.4, 0.5) is 0 Å². The molecule has 0 radical (unpaired) electrons. The number of halogens is 2. The first-order chi connectivity index (χ1) is 8.70. The van der Waals surface area contributed by atoms with Crippen LogP contribution in [0.25, 0.3) is 0 Å². The molecule has 2 rings (SSSR count). The number of benzene rings is 2. The standard InChI is InChI=1S/C14H13ClINO/c15-11-6-5-10(7-8-17)14(9-11)18-13-4-2-1-3-12(13)16/h1-6,9H,7-8,17H2. The maximum Gasteiger partial charge on any atom is 0.140 e. The molecular formula is C14H13ClINO. The van der Waals surface area contributed by atoms with Gasteiger partial charge in [0, 0.05) is 5.02 Å². The molecule has 2 nitrogen and oxygen atoms in total. The van der Waals surface area contributed by atoms with E-state index in [0.29, 0.717) is 11.6 Å². The molecular weight excluding hydrogens is 361 g/mol. The zero-order valence-electron chi connectivity index (χ0n) is 9.70. The van der Waals surface area contributed by atoms with Gasteiger partial charge in [0.15, 0.2) is 0 Å². The molecule has 0 aliphatic rings. The quantitative estimate of drug-likeness (QED) is 0.814. The van der Waals surface area contributed by atoms with E-state index < -0.39 is 0 Å². The Kier molecular flexibility index (Phi) is 4.86. The topological polar surface area (TPSA) is 35.2 Å². The van der Waals surface area contributed by atoms with Gasteiger partial charge >= 0.3 is 0 Å². The monoisotopic (exact) mass is 373 g/mol. The molecule has 2 N–H and O–H groups in total. The molecule has 2 aromatic rings. The third-order valence-corrected chi connectivity index (χ3v) is 3.63. The van der Waals surface area contributed by atoms with Crippen molar-refractivity contribution in [3.63, 3.8) is 0 Å². The first-order valence-electron chi connectivity index (χ1n) is 5.61. The molecule has 4 heteroatoms. The average molecular weight is 374 g/mol. The largest absolute Gasteiger partial charge is 0.456 e. The van der Waals surface area contributed by atoms with Crippen molar-refractivity contribution in [1.82, 2.24) is 0 Å². The van der Waals surface area contributed by atoms with E-state index in [-0.39, 0.29) is 0 Å². The minimum Gasteiger partial charge on any atom is -0.456 e. The maximum atomic E-state index is 6.01. The van der Waals surface area contributed by atoms with Crippen LogP contribution in [-0.2, 0) is 6.42 Å². The molecule has 0 aromatic heterocycles. The molecule has 18 heavy (non-hydrogen) atoms. The van der Waals surface area contributed by atoms with E-state index >= 15 is 0 Å². The van der Waals surface area contributed by atoms with Crippen LogP contribution in [0.2, 0.25) is 5.02 Å². The highest BCUT2D eigenvalue weighted by molar-refractivity contribution is 14.1. The molecule has 0 amide bonds. The number of ether oxygens (including phenoxy) is 1. The molecule has 94 valence electrons. The second-order valence-electron chi connectivity index (χ2n) is 3.82. The number of hydrogen-bond acceptors (Lipinski definition) is 2. The number of nitrogens with two attached hydrogens (primary N) is 1. The van der Waals surface area contributed by atoms with Gasteiger partial charge in [-0.2, -0.15) is 0 Å². The lowest BCUT2D eigenvalue weighted by Crippen LogP contribution is -2.04. The molecule has 0 heterocycles. The van der Waals surface area contributed by atoms with Gasteiger partial charge in [-0.1, -0.05) is 29.8 Å². The Hall–Kier alpha value is -0.780. The van der Waals surface area contributed by atoms with Crippen molar-refractivity contribution >= 4 is 34.2 Å². The predicted molar refractivity (Wildman–Crippen MR) is 83.4 cm³/mol. The molecule has 0 aliphatic heterocycles. The third-order valence-electron chi connectivity index (χ3n) is 2.50. The Balaban J connectivity index is 2.33. The summed E-state index contributed by atoms with van der Waals surface area (Å²) in [6.07, 6.45) is 0.774. The molecule has 0 bridgehead atoms. The van der Waals surface area contributed by atoms with Gasteiger partial charge in [-0.25, -0.2) is 0 Å². The van der Waals surface area contributed by atoms with E-state index in [1.54, 1.807) is 0 Å². The molecule has 0 unspecified atom stereocenters. The lowest BCUT2D eigenvalue weighted by atomic mass is 10.1. The predicted octanol–water partition coefficient (Wildman–Crippen LogP) is 4.24. The van der Waals surface area contributed by atoms with Crippen molar-refractivity contribution in [3.8, 4) is 11.5 Å². The second-order valence-corrected chi connectivity index (χ2v) is 5.42. The summed E-state index contributed by atoms with van der Waals surface area (Å²) in [7, 11) is 0. The molecule has 0 saturated heterocycles. The van der Waals surface area contributed by atoms with Crippen LogP contribution < -0.4 is 10.5 Å². The van der Waals surface area contributed by atoms with Crippen LogP contribution in [0, 0.1) is 3.57 Å². The SMILES string of the molecule is NCCc1ccc(Cl)cc1Oc1ccccc1I. The average Bonchev–Trinajstić information content (AvgIpc) is 2.36. The van der Waals surface area contributed by atoms with Crippen LogP contribution in [-0.4, -0.2) is 6.54 Å². The fourth-order valence-electron chi connectivity index (χ4n) is 1.63. The fourth-order valence-corrected chi connectivity index (χ4v) is 2.29. The zero-order chi connectivity index (χ0) is 13.0. The number of rotatable bonds is 4. The van der Waals surface area contributed by atoms with Gasteiger partial charge in [0.2, 0.25) is 0 Å². The van der Waals surface area contributed by atoms with E-state index in [9.17, 15) is 0 Å². The maximum absolute atomic E-state index is 6.01. The molecule has 2 aromatic carbocycles. The van der Waals surface area contributed by atoms with Crippen LogP contribution in [0.3, 0.4) is 0 Å². The lowest BCUT2D eigenvalue weighted by Gasteiger charge is -2.12. The van der Waals surface area contributed by atoms with Crippen LogP contribution >= 0.6 is 34.2 Å². The van der Waals surface area contributed by atoms with Crippen molar-refractivity contribution in [3.05, 3.63) is 56.6 Å². The summed E-state index contributed by atoms with van der Waals surface area (Å²) in [6.45, 7) is 0.587. The molecule has 0 atom stereocenters. The summed E-state index contributed by atoms with van der Waals surface area (Å²) in [5.41, 5.74) is 6.67. The van der Waals surface area contributed by atoms with Crippen molar-refractivity contribution in [2.75, 3.05) is 6.54 Å². The number of para-hydroxylation sites is 1. The van der Waals surface area contributed by atoms with Crippen LogP contribution in [0.5, 0.6) is 11.5 Å². The third kappa shape index (κ3) is 3.37. The summed E-state index contributed by atoms with van der Waals surface area (Å²) in [4.78, 5) is 0. The van der Waals surface area contributed by atoms with Gasteiger partial charge in [0.1, 0.15) is 11.5 Å². The van der Waals surface area contributed by atoms with E-state index in [1.165, 1.54) is 0 Å². The van der Waals surface area contributed by atoms with Gasteiger partial charge in [-0.15, -0.1) is 0 Å². The zero-order valence-corrected chi connectivity index (χ0v) is 12.6. The summed E-state index contributed by atoms with van der Waals surface area (Å²) in [5, 5.41) is 0.664. The highest BCUT2D eigenvalue weighted by Crippen LogP contribution is 2.31. The summed E-state index contributed by atoms with van der Waals surface area (Å²) < 4.78 is 6.99. The van der Waals surface area contributed by atoms with Gasteiger partial charge in [0.05, 0.1) is 3.57 Å². The van der Waals surface area contributed by atoms with E-state index in [1.807, 2.05) is 42.5 Å². The Morgan fingerprint density at radius 1 is 1.11 bits per heavy atom. The van der Waals surface area contributed by atoms with Crippen molar-refractivity contribution in [2.45, 2.75) is 6.42 Å². The van der Waals surface area contributed by atoms with Gasteiger partial charge < -0.3 is 10.5 Å². The fraction of sp³-hybridized carbons (Fsp3) is 0.143. The first-order valence-corrected chi connectivity index (χ1v) is 7.07. The highest BCUT2D eigenvalue weighted by Gasteiger charge is 2.07. The van der Waals surface area contributed by atoms with Crippen molar-refractivity contribution in [2.24, 2.45) is 5.73 Å². The minimum atomic E-state index is 0.587. The van der Waals surface area contributed by atoms with E-state index in [0.717, 1.165) is 27.1 Å². The Labute approximate surface area is 125 Å². The van der Waals surface area contributed by atoms with Gasteiger partial charge in [0.25, 0.3) is 0 Å². The van der Waals surface area contributed by atoms with E-state index in [4.69, 9.17) is 22.1 Å². The lowest BCUT2D eigenvalue weighted by molar-refractivity contribution is 0.473. The van der Waals surface area contributed by atoms with Crippen molar-refractivity contribution < 1.29 is 4.74 Å². The molecule has 0 saturated carbocycles. The Morgan fingerprint density at radius 3 is 2.61 bits per heavy atom.